The van der Waals surface area contributed by atoms with Crippen LogP contribution in [0.1, 0.15) is 5.56 Å². The maximum Gasteiger partial charge on any atom is 0.262 e. The standard InChI is InChI=1S/C24H26ClN3O7S2/c1-16-5-9-20(37(32,33)28(2)3)14-22(16)26-24(29)15-35-18-7-10-19(11-8-18)36(30,31)27-17-6-12-23(34-4)21(25)13-17/h5-14,27H,15H2,1-4H3,(H,26,29). The Balaban J connectivity index is 1.63. The van der Waals surface area contributed by atoms with E-state index in [2.05, 4.69) is 10.0 Å². The molecule has 13 heteroatoms. The van der Waals surface area contributed by atoms with Crippen LogP contribution < -0.4 is 19.5 Å². The first kappa shape index (κ1) is 28.3. The van der Waals surface area contributed by atoms with E-state index in [1.807, 2.05) is 0 Å². The zero-order chi connectivity index (χ0) is 27.4. The second kappa shape index (κ2) is 11.4. The topological polar surface area (TPSA) is 131 Å². The lowest BCUT2D eigenvalue weighted by Crippen LogP contribution is -2.23. The van der Waals surface area contributed by atoms with Crippen LogP contribution in [0.2, 0.25) is 5.02 Å². The highest BCUT2D eigenvalue weighted by atomic mass is 35.5. The van der Waals surface area contributed by atoms with Crippen molar-refractivity contribution in [3.05, 3.63) is 71.2 Å². The SMILES string of the molecule is COc1ccc(NS(=O)(=O)c2ccc(OCC(=O)Nc3cc(S(=O)(=O)N(C)C)ccc3C)cc2)cc1Cl. The summed E-state index contributed by atoms with van der Waals surface area (Å²) in [5.74, 6) is 0.163. The number of carbonyl (C=O) groups excluding carboxylic acids is 1. The molecule has 3 aromatic carbocycles. The zero-order valence-corrected chi connectivity index (χ0v) is 22.9. The lowest BCUT2D eigenvalue weighted by atomic mass is 10.2. The molecule has 0 atom stereocenters. The van der Waals surface area contributed by atoms with Crippen LogP contribution in [0.3, 0.4) is 0 Å². The average Bonchev–Trinajstić information content (AvgIpc) is 2.84. The smallest absolute Gasteiger partial charge is 0.262 e. The summed E-state index contributed by atoms with van der Waals surface area (Å²) < 4.78 is 64.1. The predicted molar refractivity (Wildman–Crippen MR) is 141 cm³/mol. The van der Waals surface area contributed by atoms with E-state index in [0.717, 1.165) is 4.31 Å². The van der Waals surface area contributed by atoms with Gasteiger partial charge in [0.1, 0.15) is 11.5 Å². The van der Waals surface area contributed by atoms with Gasteiger partial charge in [0.15, 0.2) is 6.61 Å². The van der Waals surface area contributed by atoms with Gasteiger partial charge in [-0.05, 0) is 67.1 Å². The average molecular weight is 568 g/mol. The summed E-state index contributed by atoms with van der Waals surface area (Å²) in [6.45, 7) is 1.36. The normalized spacial score (nSPS) is 11.7. The van der Waals surface area contributed by atoms with E-state index in [1.165, 1.54) is 69.7 Å². The number of nitrogens with one attached hydrogen (secondary N) is 2. The number of carbonyl (C=O) groups is 1. The van der Waals surface area contributed by atoms with Gasteiger partial charge in [0.25, 0.3) is 15.9 Å². The molecule has 0 heterocycles. The third kappa shape index (κ3) is 6.92. The van der Waals surface area contributed by atoms with Gasteiger partial charge in [-0.3, -0.25) is 9.52 Å². The lowest BCUT2D eigenvalue weighted by Gasteiger charge is -2.14. The number of sulfonamides is 2. The number of halogens is 1. The Labute approximate surface area is 221 Å². The number of ether oxygens (including phenoxy) is 2. The highest BCUT2D eigenvalue weighted by Gasteiger charge is 2.19. The van der Waals surface area contributed by atoms with E-state index in [4.69, 9.17) is 21.1 Å². The first-order chi connectivity index (χ1) is 17.3. The third-order valence-electron chi connectivity index (χ3n) is 5.17. The summed E-state index contributed by atoms with van der Waals surface area (Å²) >= 11 is 6.05. The number of rotatable bonds is 10. The van der Waals surface area contributed by atoms with Crippen LogP contribution in [0.25, 0.3) is 0 Å². The molecule has 0 aliphatic rings. The van der Waals surface area contributed by atoms with E-state index >= 15 is 0 Å². The van der Waals surface area contributed by atoms with Gasteiger partial charge in [-0.2, -0.15) is 0 Å². The van der Waals surface area contributed by atoms with Crippen LogP contribution in [0.15, 0.2) is 70.5 Å². The number of benzene rings is 3. The number of amides is 1. The molecule has 0 unspecified atom stereocenters. The fourth-order valence-electron chi connectivity index (χ4n) is 3.10. The van der Waals surface area contributed by atoms with Crippen molar-refractivity contribution in [3.63, 3.8) is 0 Å². The molecule has 0 saturated carbocycles. The summed E-state index contributed by atoms with van der Waals surface area (Å²) in [5, 5.41) is 2.89. The van der Waals surface area contributed by atoms with E-state index in [0.29, 0.717) is 17.0 Å². The van der Waals surface area contributed by atoms with Crippen molar-refractivity contribution >= 4 is 48.9 Å². The van der Waals surface area contributed by atoms with E-state index in [9.17, 15) is 21.6 Å². The molecule has 198 valence electrons. The molecular weight excluding hydrogens is 542 g/mol. The minimum absolute atomic E-state index is 0.0224. The fraction of sp³-hybridized carbons (Fsp3) is 0.208. The zero-order valence-electron chi connectivity index (χ0n) is 20.5. The van der Waals surface area contributed by atoms with E-state index in [-0.39, 0.29) is 32.9 Å². The van der Waals surface area contributed by atoms with Gasteiger partial charge in [-0.15, -0.1) is 0 Å². The summed E-state index contributed by atoms with van der Waals surface area (Å²) in [4.78, 5) is 12.4. The van der Waals surface area contributed by atoms with Crippen molar-refractivity contribution in [1.82, 2.24) is 4.31 Å². The second-order valence-electron chi connectivity index (χ2n) is 8.03. The van der Waals surface area contributed by atoms with Crippen molar-refractivity contribution in [1.29, 1.82) is 0 Å². The Kier molecular flexibility index (Phi) is 8.69. The summed E-state index contributed by atoms with van der Waals surface area (Å²) in [7, 11) is -3.27. The van der Waals surface area contributed by atoms with Crippen molar-refractivity contribution < 1.29 is 31.1 Å². The second-order valence-corrected chi connectivity index (χ2v) is 12.3. The maximum atomic E-state index is 12.7. The Hall–Kier alpha value is -3.32. The van der Waals surface area contributed by atoms with Crippen LogP contribution in [-0.2, 0) is 24.8 Å². The molecule has 10 nitrogen and oxygen atoms in total. The molecule has 3 rings (SSSR count). The number of hydrogen-bond donors (Lipinski definition) is 2. The van der Waals surface area contributed by atoms with Gasteiger partial charge in [0, 0.05) is 19.8 Å². The monoisotopic (exact) mass is 567 g/mol. The molecule has 0 aliphatic carbocycles. The molecule has 2 N–H and O–H groups in total. The van der Waals surface area contributed by atoms with Gasteiger partial charge in [0.05, 0.1) is 27.6 Å². The first-order valence-corrected chi connectivity index (χ1v) is 14.1. The number of hydrogen-bond acceptors (Lipinski definition) is 7. The van der Waals surface area contributed by atoms with Gasteiger partial charge < -0.3 is 14.8 Å². The van der Waals surface area contributed by atoms with Gasteiger partial charge in [0.2, 0.25) is 10.0 Å². The number of aryl methyl sites for hydroxylation is 1. The maximum absolute atomic E-state index is 12.7. The summed E-state index contributed by atoms with van der Waals surface area (Å²) in [5.41, 5.74) is 1.27. The minimum Gasteiger partial charge on any atom is -0.495 e. The van der Waals surface area contributed by atoms with Gasteiger partial charge in [-0.25, -0.2) is 21.1 Å². The molecule has 0 radical (unpaired) electrons. The molecule has 0 bridgehead atoms. The molecule has 0 spiro atoms. The molecular formula is C24H26ClN3O7S2. The predicted octanol–water partition coefficient (Wildman–Crippen LogP) is 3.73. The number of nitrogens with zero attached hydrogens (tertiary/aromatic N) is 1. The third-order valence-corrected chi connectivity index (χ3v) is 8.67. The summed E-state index contributed by atoms with van der Waals surface area (Å²) in [6.07, 6.45) is 0. The van der Waals surface area contributed by atoms with Crippen molar-refractivity contribution in [3.8, 4) is 11.5 Å². The Bertz CT molecular complexity index is 1510. The Morgan fingerprint density at radius 3 is 2.19 bits per heavy atom. The van der Waals surface area contributed by atoms with Crippen molar-refractivity contribution in [2.45, 2.75) is 16.7 Å². The lowest BCUT2D eigenvalue weighted by molar-refractivity contribution is -0.118. The molecule has 37 heavy (non-hydrogen) atoms. The Morgan fingerprint density at radius 1 is 0.946 bits per heavy atom. The van der Waals surface area contributed by atoms with Crippen LogP contribution >= 0.6 is 11.6 Å². The molecule has 1 amide bonds. The Morgan fingerprint density at radius 2 is 1.59 bits per heavy atom. The van der Waals surface area contributed by atoms with E-state index < -0.39 is 26.0 Å². The quantitative estimate of drug-likeness (QED) is 0.381. The van der Waals surface area contributed by atoms with E-state index in [1.54, 1.807) is 19.1 Å². The minimum atomic E-state index is -3.90. The van der Waals surface area contributed by atoms with Crippen LogP contribution in [0.5, 0.6) is 11.5 Å². The van der Waals surface area contributed by atoms with Crippen LogP contribution in [0.4, 0.5) is 11.4 Å². The largest absolute Gasteiger partial charge is 0.495 e. The number of anilines is 2. The van der Waals surface area contributed by atoms with Crippen LogP contribution in [-0.4, -0.2) is 54.9 Å². The van der Waals surface area contributed by atoms with Crippen molar-refractivity contribution in [2.24, 2.45) is 0 Å². The fourth-order valence-corrected chi connectivity index (χ4v) is 5.34. The highest BCUT2D eigenvalue weighted by molar-refractivity contribution is 7.92. The molecule has 0 saturated heterocycles. The van der Waals surface area contributed by atoms with Gasteiger partial charge >= 0.3 is 0 Å². The molecule has 0 aliphatic heterocycles. The van der Waals surface area contributed by atoms with Gasteiger partial charge in [-0.1, -0.05) is 17.7 Å². The van der Waals surface area contributed by atoms with Crippen molar-refractivity contribution in [2.75, 3.05) is 37.9 Å². The number of methoxy groups -OCH3 is 1. The molecule has 0 fully saturated rings. The highest BCUT2D eigenvalue weighted by Crippen LogP contribution is 2.29. The van der Waals surface area contributed by atoms with Crippen LogP contribution in [0, 0.1) is 6.92 Å². The molecule has 0 aromatic heterocycles. The first-order valence-electron chi connectivity index (χ1n) is 10.8. The molecule has 3 aromatic rings. The summed E-state index contributed by atoms with van der Waals surface area (Å²) in [6, 6.07) is 14.4.